The average Bonchev–Trinajstić information content (AvgIpc) is 3.08. The number of aliphatic hydroxyl groups is 1. The van der Waals surface area contributed by atoms with Crippen LogP contribution in [-0.2, 0) is 6.61 Å². The van der Waals surface area contributed by atoms with E-state index in [2.05, 4.69) is 10.3 Å². The maximum Gasteiger partial charge on any atom is 0.144 e. The number of hydrogen-bond donors (Lipinski definition) is 2. The van der Waals surface area contributed by atoms with Gasteiger partial charge in [0.05, 0.1) is 0 Å². The molecule has 2 heterocycles. The number of nitrogens with one attached hydrogen (secondary N) is 1. The Balaban J connectivity index is 1.78. The molecule has 4 nitrogen and oxygen atoms in total. The van der Waals surface area contributed by atoms with Gasteiger partial charge in [-0.2, -0.15) is 0 Å². The van der Waals surface area contributed by atoms with Gasteiger partial charge in [0.1, 0.15) is 24.2 Å². The summed E-state index contributed by atoms with van der Waals surface area (Å²) in [5, 5.41) is 13.9. The molecule has 1 saturated heterocycles. The second-order valence-electron chi connectivity index (χ2n) is 5.76. The average molecular weight is 298 g/mol. The quantitative estimate of drug-likeness (QED) is 0.891. The number of ether oxygens (including phenoxy) is 1. The zero-order valence-corrected chi connectivity index (χ0v) is 12.8. The second kappa shape index (κ2) is 6.90. The predicted molar refractivity (Wildman–Crippen MR) is 85.7 cm³/mol. The van der Waals surface area contributed by atoms with Gasteiger partial charge in [-0.25, -0.2) is 0 Å². The molecule has 4 heteroatoms. The van der Waals surface area contributed by atoms with Crippen molar-refractivity contribution >= 4 is 0 Å². The molecular weight excluding hydrogens is 276 g/mol. The zero-order chi connectivity index (χ0) is 15.4. The summed E-state index contributed by atoms with van der Waals surface area (Å²) in [5.74, 6) is 0.663. The molecule has 1 aromatic carbocycles. The van der Waals surface area contributed by atoms with Gasteiger partial charge in [-0.15, -0.1) is 0 Å². The molecule has 22 heavy (non-hydrogen) atoms. The summed E-state index contributed by atoms with van der Waals surface area (Å²) in [6, 6.07) is 13.9. The number of aromatic nitrogens is 1. The van der Waals surface area contributed by atoms with Gasteiger partial charge in [0, 0.05) is 11.7 Å². The van der Waals surface area contributed by atoms with E-state index >= 15 is 0 Å². The smallest absolute Gasteiger partial charge is 0.144 e. The van der Waals surface area contributed by atoms with E-state index in [-0.39, 0.29) is 6.04 Å². The Bertz CT molecular complexity index is 610. The lowest BCUT2D eigenvalue weighted by Gasteiger charge is -2.21. The van der Waals surface area contributed by atoms with Crippen molar-refractivity contribution in [1.82, 2.24) is 10.3 Å². The van der Waals surface area contributed by atoms with Crippen LogP contribution in [0.4, 0.5) is 0 Å². The third-order valence-corrected chi connectivity index (χ3v) is 4.02. The summed E-state index contributed by atoms with van der Waals surface area (Å²) in [7, 11) is 0. The predicted octanol–water partition coefficient (Wildman–Crippen LogP) is 2.75. The van der Waals surface area contributed by atoms with Gasteiger partial charge in [-0.3, -0.25) is 4.98 Å². The molecule has 1 aliphatic rings. The minimum absolute atomic E-state index is 0.0633. The van der Waals surface area contributed by atoms with E-state index in [0.717, 1.165) is 30.6 Å². The van der Waals surface area contributed by atoms with E-state index in [9.17, 15) is 5.11 Å². The normalized spacial score (nSPS) is 19.1. The third-order valence-electron chi connectivity index (χ3n) is 4.02. The number of aryl methyl sites for hydroxylation is 1. The molecule has 0 amide bonds. The summed E-state index contributed by atoms with van der Waals surface area (Å²) in [6.45, 7) is 3.36. The van der Waals surface area contributed by atoms with E-state index in [1.54, 1.807) is 0 Å². The monoisotopic (exact) mass is 298 g/mol. The number of pyridine rings is 1. The highest BCUT2D eigenvalue weighted by atomic mass is 16.5. The lowest BCUT2D eigenvalue weighted by molar-refractivity contribution is 0.127. The Morgan fingerprint density at radius 2 is 2.09 bits per heavy atom. The minimum Gasteiger partial charge on any atom is -0.487 e. The van der Waals surface area contributed by atoms with Crippen molar-refractivity contribution in [3.63, 3.8) is 0 Å². The Morgan fingerprint density at radius 1 is 1.27 bits per heavy atom. The van der Waals surface area contributed by atoms with Crippen LogP contribution in [0.2, 0.25) is 0 Å². The highest BCUT2D eigenvalue weighted by Gasteiger charge is 2.27. The first-order valence-electron chi connectivity index (χ1n) is 7.80. The van der Waals surface area contributed by atoms with Crippen LogP contribution in [0.3, 0.4) is 0 Å². The molecule has 2 unspecified atom stereocenters. The van der Waals surface area contributed by atoms with Gasteiger partial charge in [0.15, 0.2) is 0 Å². The van der Waals surface area contributed by atoms with Crippen LogP contribution in [0.5, 0.6) is 5.75 Å². The van der Waals surface area contributed by atoms with Gasteiger partial charge in [0.25, 0.3) is 0 Å². The molecule has 0 saturated carbocycles. The number of hydrogen-bond acceptors (Lipinski definition) is 4. The first kappa shape index (κ1) is 15.0. The molecule has 1 aromatic heterocycles. The Hall–Kier alpha value is -1.91. The van der Waals surface area contributed by atoms with Crippen LogP contribution < -0.4 is 10.1 Å². The van der Waals surface area contributed by atoms with Gasteiger partial charge >= 0.3 is 0 Å². The maximum absolute atomic E-state index is 10.6. The minimum atomic E-state index is -0.631. The molecule has 1 fully saturated rings. The topological polar surface area (TPSA) is 54.4 Å². The van der Waals surface area contributed by atoms with E-state index in [1.807, 2.05) is 49.4 Å². The molecular formula is C18H22N2O2. The molecule has 116 valence electrons. The van der Waals surface area contributed by atoms with Gasteiger partial charge in [-0.05, 0) is 44.0 Å². The standard InChI is InChI=1S/C18H22N2O2/c1-13-9-10-16(22-12-14-6-3-2-4-7-14)17(20-13)18(21)15-8-5-11-19-15/h2-4,6-7,9-10,15,18-19,21H,5,8,11-12H2,1H3. The summed E-state index contributed by atoms with van der Waals surface area (Å²) >= 11 is 0. The summed E-state index contributed by atoms with van der Waals surface area (Å²) in [6.07, 6.45) is 1.43. The zero-order valence-electron chi connectivity index (χ0n) is 12.8. The number of aliphatic hydroxyl groups excluding tert-OH is 1. The fraction of sp³-hybridized carbons (Fsp3) is 0.389. The summed E-state index contributed by atoms with van der Waals surface area (Å²) in [5.41, 5.74) is 2.62. The van der Waals surface area contributed by atoms with E-state index in [0.29, 0.717) is 18.1 Å². The number of rotatable bonds is 5. The van der Waals surface area contributed by atoms with E-state index in [1.165, 1.54) is 0 Å². The molecule has 0 aliphatic carbocycles. The molecule has 0 bridgehead atoms. The lowest BCUT2D eigenvalue weighted by Crippen LogP contribution is -2.29. The van der Waals surface area contributed by atoms with Crippen molar-refractivity contribution in [1.29, 1.82) is 0 Å². The molecule has 0 radical (unpaired) electrons. The first-order valence-corrected chi connectivity index (χ1v) is 7.80. The van der Waals surface area contributed by atoms with E-state index in [4.69, 9.17) is 4.74 Å². The lowest BCUT2D eigenvalue weighted by atomic mass is 10.0. The van der Waals surface area contributed by atoms with Crippen molar-refractivity contribution in [3.05, 3.63) is 59.4 Å². The Labute approximate surface area is 131 Å². The van der Waals surface area contributed by atoms with Crippen molar-refractivity contribution < 1.29 is 9.84 Å². The molecule has 2 aromatic rings. The van der Waals surface area contributed by atoms with Crippen LogP contribution >= 0.6 is 0 Å². The molecule has 1 aliphatic heterocycles. The van der Waals surface area contributed by atoms with Crippen molar-refractivity contribution in [2.24, 2.45) is 0 Å². The fourth-order valence-electron chi connectivity index (χ4n) is 2.80. The second-order valence-corrected chi connectivity index (χ2v) is 5.76. The maximum atomic E-state index is 10.6. The van der Waals surface area contributed by atoms with E-state index < -0.39 is 6.10 Å². The van der Waals surface area contributed by atoms with Crippen LogP contribution in [0, 0.1) is 6.92 Å². The molecule has 2 N–H and O–H groups in total. The largest absolute Gasteiger partial charge is 0.487 e. The fourth-order valence-corrected chi connectivity index (χ4v) is 2.80. The number of benzene rings is 1. The highest BCUT2D eigenvalue weighted by molar-refractivity contribution is 5.32. The van der Waals surface area contributed by atoms with Gasteiger partial charge in [0.2, 0.25) is 0 Å². The van der Waals surface area contributed by atoms with Gasteiger partial charge in [-0.1, -0.05) is 30.3 Å². The van der Waals surface area contributed by atoms with Gasteiger partial charge < -0.3 is 15.2 Å². The third kappa shape index (κ3) is 3.46. The first-order chi connectivity index (χ1) is 10.7. The Morgan fingerprint density at radius 3 is 2.82 bits per heavy atom. The summed E-state index contributed by atoms with van der Waals surface area (Å²) < 4.78 is 5.91. The van der Waals surface area contributed by atoms with Crippen LogP contribution in [0.1, 0.15) is 35.9 Å². The molecule has 0 spiro atoms. The molecule has 2 atom stereocenters. The highest BCUT2D eigenvalue weighted by Crippen LogP contribution is 2.29. The summed E-state index contributed by atoms with van der Waals surface area (Å²) in [4.78, 5) is 4.51. The van der Waals surface area contributed by atoms with Crippen molar-refractivity contribution in [2.45, 2.75) is 38.5 Å². The van der Waals surface area contributed by atoms with Crippen molar-refractivity contribution in [3.8, 4) is 5.75 Å². The van der Waals surface area contributed by atoms with Crippen LogP contribution in [0.15, 0.2) is 42.5 Å². The molecule has 3 rings (SSSR count). The Kier molecular flexibility index (Phi) is 4.71. The van der Waals surface area contributed by atoms with Crippen LogP contribution in [0.25, 0.3) is 0 Å². The SMILES string of the molecule is Cc1ccc(OCc2ccccc2)c(C(O)C2CCCN2)n1. The van der Waals surface area contributed by atoms with Crippen LogP contribution in [-0.4, -0.2) is 22.7 Å². The van der Waals surface area contributed by atoms with Crippen molar-refractivity contribution in [2.75, 3.05) is 6.54 Å². The number of nitrogens with zero attached hydrogens (tertiary/aromatic N) is 1.